The summed E-state index contributed by atoms with van der Waals surface area (Å²) in [7, 11) is -3.86. The van der Waals surface area contributed by atoms with Gasteiger partial charge in [0.25, 0.3) is 5.88 Å². The van der Waals surface area contributed by atoms with Gasteiger partial charge in [-0.3, -0.25) is 19.7 Å². The fraction of sp³-hybridized carbons (Fsp3) is 0.318. The molecule has 3 heterocycles. The first-order chi connectivity index (χ1) is 16.7. The Bertz CT molecular complexity index is 1310. The van der Waals surface area contributed by atoms with E-state index in [2.05, 4.69) is 19.7 Å². The maximum Gasteiger partial charge on any atom is 0.429 e. The van der Waals surface area contributed by atoms with E-state index in [1.54, 1.807) is 59.8 Å². The SMILES string of the molecule is CCCS(=O)(=O)Nc1nc2ccccc2nc1OC(C1=CCN(N2C=CN=CC2)C=C1)C(F)(F)F. The van der Waals surface area contributed by atoms with Gasteiger partial charge in [0.15, 0.2) is 0 Å². The summed E-state index contributed by atoms with van der Waals surface area (Å²) >= 11 is 0. The number of hydrogen-bond donors (Lipinski definition) is 1. The van der Waals surface area contributed by atoms with Crippen LogP contribution in [0.2, 0.25) is 0 Å². The van der Waals surface area contributed by atoms with E-state index in [0.717, 1.165) is 0 Å². The van der Waals surface area contributed by atoms with Crippen LogP contribution < -0.4 is 9.46 Å². The lowest BCUT2D eigenvalue weighted by atomic mass is 10.1. The molecule has 1 N–H and O–H groups in total. The predicted molar refractivity (Wildman–Crippen MR) is 126 cm³/mol. The van der Waals surface area contributed by atoms with Crippen LogP contribution in [0.15, 0.2) is 65.6 Å². The number of sulfonamides is 1. The van der Waals surface area contributed by atoms with Gasteiger partial charge in [0.1, 0.15) is 0 Å². The van der Waals surface area contributed by atoms with E-state index < -0.39 is 34.0 Å². The van der Waals surface area contributed by atoms with Crippen molar-refractivity contribution < 1.29 is 26.3 Å². The third-order valence-corrected chi connectivity index (χ3v) is 6.53. The van der Waals surface area contributed by atoms with Crippen LogP contribution in [0.1, 0.15) is 13.3 Å². The smallest absolute Gasteiger partial charge is 0.429 e. The Morgan fingerprint density at radius 1 is 1.11 bits per heavy atom. The topological polar surface area (TPSA) is 100 Å². The highest BCUT2D eigenvalue weighted by molar-refractivity contribution is 7.92. The van der Waals surface area contributed by atoms with Crippen molar-refractivity contribution in [1.29, 1.82) is 0 Å². The number of nitrogens with one attached hydrogen (secondary N) is 1. The molecule has 0 spiro atoms. The first kappa shape index (κ1) is 24.5. The number of aromatic nitrogens is 2. The van der Waals surface area contributed by atoms with Crippen LogP contribution >= 0.6 is 0 Å². The number of halogens is 3. The van der Waals surface area contributed by atoms with E-state index in [1.165, 1.54) is 18.4 Å². The summed E-state index contributed by atoms with van der Waals surface area (Å²) in [4.78, 5) is 12.3. The standard InChI is InChI=1S/C22H23F3N6O3S/c1-2-15-35(32,33)29-20-21(28-18-6-4-3-5-17(18)27-20)34-19(22(23,24)25)16-7-11-30(12-8-16)31-13-9-26-10-14-31/h3-11,13,19H,2,12,14-15H2,1H3,(H,27,29). The molecule has 0 saturated carbocycles. The molecule has 13 heteroatoms. The second-order valence-electron chi connectivity index (χ2n) is 7.72. The summed E-state index contributed by atoms with van der Waals surface area (Å²) in [5, 5.41) is 3.51. The first-order valence-corrected chi connectivity index (χ1v) is 12.4. The molecule has 1 atom stereocenters. The molecule has 0 saturated heterocycles. The number of nitrogens with zero attached hydrogens (tertiary/aromatic N) is 5. The van der Waals surface area contributed by atoms with Crippen molar-refractivity contribution in [3.63, 3.8) is 0 Å². The minimum atomic E-state index is -4.80. The minimum absolute atomic E-state index is 0.138. The molecule has 0 amide bonds. The van der Waals surface area contributed by atoms with Crippen molar-refractivity contribution in [2.75, 3.05) is 23.6 Å². The highest BCUT2D eigenvalue weighted by Crippen LogP contribution is 2.34. The average Bonchev–Trinajstić information content (AvgIpc) is 2.82. The largest absolute Gasteiger partial charge is 0.457 e. The molecule has 0 fully saturated rings. The number of hydrazine groups is 1. The van der Waals surface area contributed by atoms with Crippen molar-refractivity contribution >= 4 is 33.1 Å². The fourth-order valence-electron chi connectivity index (χ4n) is 3.48. The van der Waals surface area contributed by atoms with E-state index in [9.17, 15) is 21.6 Å². The Kier molecular flexibility index (Phi) is 6.96. The molecular formula is C22H23F3N6O3S. The van der Waals surface area contributed by atoms with Crippen molar-refractivity contribution in [2.45, 2.75) is 25.6 Å². The van der Waals surface area contributed by atoms with Crippen molar-refractivity contribution in [3.05, 3.63) is 60.6 Å². The summed E-state index contributed by atoms with van der Waals surface area (Å²) in [6.45, 7) is 2.32. The Labute approximate surface area is 200 Å². The third-order valence-electron chi connectivity index (χ3n) is 5.08. The highest BCUT2D eigenvalue weighted by atomic mass is 32.2. The lowest BCUT2D eigenvalue weighted by molar-refractivity contribution is -0.183. The number of aliphatic imine (C=N–C) groups is 1. The van der Waals surface area contributed by atoms with Gasteiger partial charge in [-0.2, -0.15) is 13.2 Å². The minimum Gasteiger partial charge on any atom is -0.457 e. The second kappa shape index (κ2) is 9.94. The van der Waals surface area contributed by atoms with Crippen molar-refractivity contribution in [1.82, 2.24) is 20.0 Å². The molecule has 0 bridgehead atoms. The number of para-hydroxylation sites is 2. The maximum atomic E-state index is 14.1. The second-order valence-corrected chi connectivity index (χ2v) is 9.56. The number of fused-ring (bicyclic) bond motifs is 1. The van der Waals surface area contributed by atoms with Crippen LogP contribution in [0, 0.1) is 0 Å². The zero-order chi connectivity index (χ0) is 25.1. The Morgan fingerprint density at radius 2 is 1.83 bits per heavy atom. The molecule has 2 aliphatic rings. The van der Waals surface area contributed by atoms with Crippen molar-refractivity contribution in [2.24, 2.45) is 4.99 Å². The quantitative estimate of drug-likeness (QED) is 0.581. The van der Waals surface area contributed by atoms with Gasteiger partial charge in [0, 0.05) is 30.4 Å². The van der Waals surface area contributed by atoms with Gasteiger partial charge >= 0.3 is 6.18 Å². The molecule has 0 radical (unpaired) electrons. The van der Waals surface area contributed by atoms with Gasteiger partial charge in [-0.05, 0) is 24.6 Å². The van der Waals surface area contributed by atoms with Crippen LogP contribution in [0.3, 0.4) is 0 Å². The highest BCUT2D eigenvalue weighted by Gasteiger charge is 2.45. The summed E-state index contributed by atoms with van der Waals surface area (Å²) in [5.41, 5.74) is 0.434. The Morgan fingerprint density at radius 3 is 2.43 bits per heavy atom. The zero-order valence-electron chi connectivity index (χ0n) is 18.7. The van der Waals surface area contributed by atoms with E-state index in [1.807, 2.05) is 0 Å². The predicted octanol–water partition coefficient (Wildman–Crippen LogP) is 3.62. The van der Waals surface area contributed by atoms with E-state index >= 15 is 0 Å². The molecular weight excluding hydrogens is 485 g/mol. The summed E-state index contributed by atoms with van der Waals surface area (Å²) in [5.74, 6) is -1.19. The molecule has 1 aromatic carbocycles. The fourth-order valence-corrected chi connectivity index (χ4v) is 4.55. The lowest BCUT2D eigenvalue weighted by Crippen LogP contribution is -2.41. The lowest BCUT2D eigenvalue weighted by Gasteiger charge is -2.35. The molecule has 2 aromatic rings. The number of hydrogen-bond acceptors (Lipinski definition) is 8. The molecule has 4 rings (SSSR count). The monoisotopic (exact) mass is 508 g/mol. The van der Waals surface area contributed by atoms with Crippen LogP contribution in [-0.2, 0) is 10.0 Å². The van der Waals surface area contributed by atoms with E-state index in [-0.39, 0.29) is 23.4 Å². The van der Waals surface area contributed by atoms with Crippen molar-refractivity contribution in [3.8, 4) is 5.88 Å². The number of rotatable bonds is 8. The first-order valence-electron chi connectivity index (χ1n) is 10.8. The maximum absolute atomic E-state index is 14.1. The van der Waals surface area contributed by atoms with Gasteiger partial charge in [-0.1, -0.05) is 25.1 Å². The average molecular weight is 509 g/mol. The van der Waals surface area contributed by atoms with Crippen LogP contribution in [0.4, 0.5) is 19.0 Å². The normalized spacial score (nSPS) is 17.0. The van der Waals surface area contributed by atoms with E-state index in [4.69, 9.17) is 4.74 Å². The molecule has 1 unspecified atom stereocenters. The summed E-state index contributed by atoms with van der Waals surface area (Å²) in [6.07, 6.45) is 2.30. The van der Waals surface area contributed by atoms with Gasteiger partial charge in [0.2, 0.25) is 21.9 Å². The third kappa shape index (κ3) is 5.91. The van der Waals surface area contributed by atoms with Gasteiger partial charge < -0.3 is 4.74 Å². The number of anilines is 1. The Hall–Kier alpha value is -3.61. The zero-order valence-corrected chi connectivity index (χ0v) is 19.5. The molecule has 0 aliphatic carbocycles. The molecule has 186 valence electrons. The van der Waals surface area contributed by atoms with Gasteiger partial charge in [-0.25, -0.2) is 18.4 Å². The van der Waals surface area contributed by atoms with E-state index in [0.29, 0.717) is 18.5 Å². The van der Waals surface area contributed by atoms with Gasteiger partial charge in [-0.15, -0.1) is 0 Å². The number of benzene rings is 1. The van der Waals surface area contributed by atoms with Crippen LogP contribution in [-0.4, -0.2) is 65.7 Å². The molecule has 2 aliphatic heterocycles. The molecule has 9 nitrogen and oxygen atoms in total. The molecule has 1 aromatic heterocycles. The van der Waals surface area contributed by atoms with Crippen LogP contribution in [0.25, 0.3) is 11.0 Å². The van der Waals surface area contributed by atoms with Crippen LogP contribution in [0.5, 0.6) is 5.88 Å². The summed E-state index contributed by atoms with van der Waals surface area (Å²) < 4.78 is 74.6. The van der Waals surface area contributed by atoms with Gasteiger partial charge in [0.05, 0.1) is 29.9 Å². The molecule has 35 heavy (non-hydrogen) atoms. The summed E-state index contributed by atoms with van der Waals surface area (Å²) in [6, 6.07) is 6.43. The number of ether oxygens (including phenoxy) is 1. The number of alkyl halides is 3. The Balaban J connectivity index is 1.65.